The third-order valence-corrected chi connectivity index (χ3v) is 1.89. The van der Waals surface area contributed by atoms with Gasteiger partial charge in [-0.2, -0.15) is 4.37 Å². The van der Waals surface area contributed by atoms with Crippen molar-refractivity contribution in [1.82, 2.24) is 4.37 Å². The van der Waals surface area contributed by atoms with Crippen LogP contribution in [-0.4, -0.2) is 28.5 Å². The molecule has 0 aliphatic rings. The van der Waals surface area contributed by atoms with Crippen LogP contribution < -0.4 is 0 Å². The molecule has 0 radical (unpaired) electrons. The number of carbonyl (C=O) groups is 2. The van der Waals surface area contributed by atoms with Crippen LogP contribution in [0.3, 0.4) is 0 Å². The zero-order valence-corrected chi connectivity index (χ0v) is 6.92. The first-order valence-corrected chi connectivity index (χ1v) is 3.71. The summed E-state index contributed by atoms with van der Waals surface area (Å²) < 4.78 is 7.94. The lowest BCUT2D eigenvalue weighted by Gasteiger charge is -1.89. The molecule has 0 spiro atoms. The smallest absolute Gasteiger partial charge is 0.357 e. The molecule has 6 heteroatoms. The molecule has 0 bridgehead atoms. The molecule has 64 valence electrons. The molecule has 1 rings (SSSR count). The lowest BCUT2D eigenvalue weighted by atomic mass is 10.4. The highest BCUT2D eigenvalue weighted by Crippen LogP contribution is 2.10. The minimum atomic E-state index is -1.09. The predicted octanol–water partition coefficient (Wildman–Crippen LogP) is 0.628. The average molecular weight is 187 g/mol. The van der Waals surface area contributed by atoms with Crippen LogP contribution in [-0.2, 0) is 4.74 Å². The minimum absolute atomic E-state index is 0.0235. The molecule has 1 aromatic heterocycles. The second kappa shape index (κ2) is 3.31. The summed E-state index contributed by atoms with van der Waals surface area (Å²) in [7, 11) is 1.21. The standard InChI is InChI=1S/C6H5NO4S/c1-11-6(10)3-2-4(5(8)9)12-7-3/h2H,1H3,(H,8,9). The van der Waals surface area contributed by atoms with Crippen molar-refractivity contribution in [2.75, 3.05) is 7.11 Å². The fourth-order valence-corrected chi connectivity index (χ4v) is 1.14. The summed E-state index contributed by atoms with van der Waals surface area (Å²) in [5, 5.41) is 8.47. The molecule has 0 fully saturated rings. The van der Waals surface area contributed by atoms with E-state index in [4.69, 9.17) is 5.11 Å². The molecule has 12 heavy (non-hydrogen) atoms. The van der Waals surface area contributed by atoms with Gasteiger partial charge >= 0.3 is 11.9 Å². The van der Waals surface area contributed by atoms with Gasteiger partial charge in [0.1, 0.15) is 4.88 Å². The molecule has 0 amide bonds. The van der Waals surface area contributed by atoms with Crippen LogP contribution in [0.4, 0.5) is 0 Å². The molecular weight excluding hydrogens is 182 g/mol. The molecule has 0 saturated carbocycles. The van der Waals surface area contributed by atoms with Crippen molar-refractivity contribution in [3.63, 3.8) is 0 Å². The summed E-state index contributed by atoms with van der Waals surface area (Å²) >= 11 is 0.751. The number of carbonyl (C=O) groups excluding carboxylic acids is 1. The number of nitrogens with zero attached hydrogens (tertiary/aromatic N) is 1. The van der Waals surface area contributed by atoms with E-state index in [2.05, 4.69) is 9.11 Å². The number of hydrogen-bond acceptors (Lipinski definition) is 5. The van der Waals surface area contributed by atoms with Crippen LogP contribution >= 0.6 is 11.5 Å². The van der Waals surface area contributed by atoms with E-state index in [9.17, 15) is 9.59 Å². The van der Waals surface area contributed by atoms with Crippen molar-refractivity contribution in [2.45, 2.75) is 0 Å². The highest BCUT2D eigenvalue weighted by atomic mass is 32.1. The van der Waals surface area contributed by atoms with E-state index >= 15 is 0 Å². The van der Waals surface area contributed by atoms with Crippen LogP contribution in [0.2, 0.25) is 0 Å². The highest BCUT2D eigenvalue weighted by molar-refractivity contribution is 7.08. The molecule has 0 atom stereocenters. The van der Waals surface area contributed by atoms with Gasteiger partial charge in [-0.05, 0) is 17.6 Å². The number of aromatic nitrogens is 1. The number of methoxy groups -OCH3 is 1. The topological polar surface area (TPSA) is 76.5 Å². The van der Waals surface area contributed by atoms with Gasteiger partial charge in [0.25, 0.3) is 0 Å². The molecule has 1 heterocycles. The Morgan fingerprint density at radius 2 is 2.33 bits per heavy atom. The first kappa shape index (κ1) is 8.66. The maximum absolute atomic E-state index is 10.8. The zero-order chi connectivity index (χ0) is 9.14. The maximum atomic E-state index is 10.8. The lowest BCUT2D eigenvalue weighted by molar-refractivity contribution is 0.0595. The number of aromatic carboxylic acids is 1. The maximum Gasteiger partial charge on any atom is 0.357 e. The van der Waals surface area contributed by atoms with Crippen molar-refractivity contribution >= 4 is 23.5 Å². The first-order valence-electron chi connectivity index (χ1n) is 2.93. The van der Waals surface area contributed by atoms with E-state index in [1.807, 2.05) is 0 Å². The molecule has 0 aromatic carbocycles. The first-order chi connectivity index (χ1) is 5.65. The van der Waals surface area contributed by atoms with E-state index < -0.39 is 11.9 Å². The Labute approximate surface area is 71.8 Å². The summed E-state index contributed by atoms with van der Waals surface area (Å²) in [5.41, 5.74) is 0.0277. The molecule has 0 aliphatic carbocycles. The van der Waals surface area contributed by atoms with E-state index in [-0.39, 0.29) is 10.6 Å². The van der Waals surface area contributed by atoms with Crippen LogP contribution in [0.15, 0.2) is 6.07 Å². The normalized spacial score (nSPS) is 9.42. The van der Waals surface area contributed by atoms with Gasteiger partial charge in [0.15, 0.2) is 5.69 Å². The van der Waals surface area contributed by atoms with Crippen LogP contribution in [0, 0.1) is 0 Å². The SMILES string of the molecule is COC(=O)c1cc(C(=O)O)sn1. The van der Waals surface area contributed by atoms with Gasteiger partial charge in [-0.15, -0.1) is 0 Å². The summed E-state index contributed by atoms with van der Waals surface area (Å²) in [6.07, 6.45) is 0. The largest absolute Gasteiger partial charge is 0.477 e. The number of carboxylic acids is 1. The Morgan fingerprint density at radius 3 is 2.75 bits per heavy atom. The van der Waals surface area contributed by atoms with E-state index in [1.165, 1.54) is 13.2 Å². The second-order valence-electron chi connectivity index (χ2n) is 1.87. The third-order valence-electron chi connectivity index (χ3n) is 1.12. The Hall–Kier alpha value is -1.43. The molecule has 1 aromatic rings. The Balaban J connectivity index is 2.91. The van der Waals surface area contributed by atoms with E-state index in [0.29, 0.717) is 0 Å². The monoisotopic (exact) mass is 187 g/mol. The second-order valence-corrected chi connectivity index (χ2v) is 2.68. The molecule has 5 nitrogen and oxygen atoms in total. The highest BCUT2D eigenvalue weighted by Gasteiger charge is 2.13. The van der Waals surface area contributed by atoms with Gasteiger partial charge in [-0.1, -0.05) is 0 Å². The van der Waals surface area contributed by atoms with Crippen LogP contribution in [0.25, 0.3) is 0 Å². The summed E-state index contributed by atoms with van der Waals surface area (Å²) in [4.78, 5) is 21.1. The van der Waals surface area contributed by atoms with Gasteiger partial charge in [0, 0.05) is 0 Å². The fraction of sp³-hybridized carbons (Fsp3) is 0.167. The number of rotatable bonds is 2. The van der Waals surface area contributed by atoms with Crippen LogP contribution in [0.1, 0.15) is 20.2 Å². The lowest BCUT2D eigenvalue weighted by Crippen LogP contribution is -2.00. The zero-order valence-electron chi connectivity index (χ0n) is 6.10. The summed E-state index contributed by atoms with van der Waals surface area (Å²) in [6.45, 7) is 0. The molecule has 0 unspecified atom stereocenters. The van der Waals surface area contributed by atoms with Gasteiger partial charge in [-0.3, -0.25) is 0 Å². The third kappa shape index (κ3) is 1.59. The number of ether oxygens (including phenoxy) is 1. The van der Waals surface area contributed by atoms with Crippen molar-refractivity contribution in [2.24, 2.45) is 0 Å². The van der Waals surface area contributed by atoms with Crippen LogP contribution in [0.5, 0.6) is 0 Å². The molecule has 0 saturated heterocycles. The number of esters is 1. The van der Waals surface area contributed by atoms with E-state index in [0.717, 1.165) is 11.5 Å². The molecule has 0 aliphatic heterocycles. The summed E-state index contributed by atoms with van der Waals surface area (Å²) in [6, 6.07) is 1.18. The predicted molar refractivity (Wildman–Crippen MR) is 40.4 cm³/mol. The summed E-state index contributed by atoms with van der Waals surface area (Å²) in [5.74, 6) is -1.72. The minimum Gasteiger partial charge on any atom is -0.477 e. The van der Waals surface area contributed by atoms with Gasteiger partial charge < -0.3 is 9.84 Å². The molecular formula is C6H5NO4S. The number of carboxylic acid groups (broad SMARTS) is 1. The van der Waals surface area contributed by atoms with E-state index in [1.54, 1.807) is 0 Å². The Kier molecular flexibility index (Phi) is 2.39. The Morgan fingerprint density at radius 1 is 1.67 bits per heavy atom. The quantitative estimate of drug-likeness (QED) is 0.687. The van der Waals surface area contributed by atoms with Crippen molar-refractivity contribution in [1.29, 1.82) is 0 Å². The average Bonchev–Trinajstić information content (AvgIpc) is 2.51. The fourth-order valence-electron chi connectivity index (χ4n) is 0.577. The van der Waals surface area contributed by atoms with Gasteiger partial charge in [0.05, 0.1) is 7.11 Å². The van der Waals surface area contributed by atoms with Crippen molar-refractivity contribution < 1.29 is 19.4 Å². The van der Waals surface area contributed by atoms with Gasteiger partial charge in [0.2, 0.25) is 0 Å². The van der Waals surface area contributed by atoms with Crippen molar-refractivity contribution in [3.8, 4) is 0 Å². The van der Waals surface area contributed by atoms with Gasteiger partial charge in [-0.25, -0.2) is 9.59 Å². The molecule has 1 N–H and O–H groups in total. The number of hydrogen-bond donors (Lipinski definition) is 1. The van der Waals surface area contributed by atoms with Crippen molar-refractivity contribution in [3.05, 3.63) is 16.6 Å². The Bertz CT molecular complexity index is 319.